The predicted molar refractivity (Wildman–Crippen MR) is 83.2 cm³/mol. The molecular weight excluding hydrogens is 335 g/mol. The first-order valence-electron chi connectivity index (χ1n) is 6.36. The number of rotatable bonds is 9. The average Bonchev–Trinajstić information content (AvgIpc) is 2.46. The zero-order valence-electron chi connectivity index (χ0n) is 12.1. The van der Waals surface area contributed by atoms with Gasteiger partial charge in [-0.15, -0.1) is 0 Å². The van der Waals surface area contributed by atoms with Gasteiger partial charge in [0.2, 0.25) is 0 Å². The molecule has 0 aromatic heterocycles. The first kappa shape index (κ1) is 18.5. The highest BCUT2D eigenvalue weighted by Gasteiger charge is 2.26. The molecule has 0 heterocycles. The Morgan fingerprint density at radius 3 is 2.29 bits per heavy atom. The summed E-state index contributed by atoms with van der Waals surface area (Å²) in [5, 5.41) is 0. The topological polar surface area (TPSA) is 78.9 Å². The van der Waals surface area contributed by atoms with Gasteiger partial charge in [0, 0.05) is 5.75 Å². The molecule has 1 unspecified atom stereocenters. The van der Waals surface area contributed by atoms with E-state index >= 15 is 0 Å². The lowest BCUT2D eigenvalue weighted by atomic mass is 10.3. The smallest absolute Gasteiger partial charge is 0.417 e. The van der Waals surface area contributed by atoms with Crippen molar-refractivity contribution in [1.29, 1.82) is 0 Å². The lowest BCUT2D eigenvalue weighted by molar-refractivity contribution is 0.296. The van der Waals surface area contributed by atoms with E-state index in [1.54, 1.807) is 6.92 Å². The summed E-state index contributed by atoms with van der Waals surface area (Å²) in [4.78, 5) is 0.00445. The molecule has 0 saturated heterocycles. The van der Waals surface area contributed by atoms with Gasteiger partial charge in [-0.1, -0.05) is 6.92 Å². The molecule has 0 fully saturated rings. The summed E-state index contributed by atoms with van der Waals surface area (Å²) >= 11 is 1.13. The van der Waals surface area contributed by atoms with Gasteiger partial charge < -0.3 is 4.52 Å². The van der Waals surface area contributed by atoms with Crippen molar-refractivity contribution >= 4 is 28.3 Å². The minimum atomic E-state index is -3.74. The van der Waals surface area contributed by atoms with Gasteiger partial charge in [-0.25, -0.2) is 4.57 Å². The van der Waals surface area contributed by atoms with Crippen LogP contribution in [0.5, 0.6) is 5.75 Å². The van der Waals surface area contributed by atoms with Crippen LogP contribution in [0, 0.1) is 0 Å². The molecule has 21 heavy (non-hydrogen) atoms. The van der Waals surface area contributed by atoms with Crippen LogP contribution in [0.1, 0.15) is 20.3 Å². The third-order valence-corrected chi connectivity index (χ3v) is 7.53. The molecule has 0 N–H and O–H groups in total. The summed E-state index contributed by atoms with van der Waals surface area (Å²) in [7, 11) is -2.66. The highest BCUT2D eigenvalue weighted by Crippen LogP contribution is 2.60. The van der Waals surface area contributed by atoms with Gasteiger partial charge in [0.1, 0.15) is 5.75 Å². The summed E-state index contributed by atoms with van der Waals surface area (Å²) < 4.78 is 50.5. The van der Waals surface area contributed by atoms with Crippen molar-refractivity contribution in [3.63, 3.8) is 0 Å². The van der Waals surface area contributed by atoms with Gasteiger partial charge in [0.15, 0.2) is 0 Å². The minimum Gasteiger partial charge on any atom is -0.417 e. The Morgan fingerprint density at radius 1 is 1.19 bits per heavy atom. The molecule has 0 aliphatic rings. The molecule has 1 rings (SSSR count). The molecular formula is C12H19O6PS2. The molecule has 1 atom stereocenters. The monoisotopic (exact) mass is 354 g/mol. The first-order chi connectivity index (χ1) is 9.87. The van der Waals surface area contributed by atoms with Crippen LogP contribution in [0.3, 0.4) is 0 Å². The second-order valence-electron chi connectivity index (χ2n) is 3.88. The van der Waals surface area contributed by atoms with Gasteiger partial charge in [0.05, 0.1) is 18.6 Å². The van der Waals surface area contributed by atoms with Crippen LogP contribution in [-0.4, -0.2) is 27.9 Å². The molecule has 0 aliphatic carbocycles. The largest absolute Gasteiger partial charge is 0.440 e. The van der Waals surface area contributed by atoms with Crippen molar-refractivity contribution in [1.82, 2.24) is 0 Å². The van der Waals surface area contributed by atoms with Crippen molar-refractivity contribution < 1.29 is 26.2 Å². The fourth-order valence-corrected chi connectivity index (χ4v) is 5.46. The maximum absolute atomic E-state index is 12.5. The van der Waals surface area contributed by atoms with Crippen LogP contribution in [0.4, 0.5) is 0 Å². The summed E-state index contributed by atoms with van der Waals surface area (Å²) in [5.41, 5.74) is 0. The quantitative estimate of drug-likeness (QED) is 0.494. The van der Waals surface area contributed by atoms with E-state index in [1.807, 2.05) is 6.92 Å². The minimum absolute atomic E-state index is 0.00445. The highest BCUT2D eigenvalue weighted by molar-refractivity contribution is 8.55. The molecule has 0 saturated carbocycles. The molecule has 9 heteroatoms. The molecule has 6 nitrogen and oxygen atoms in total. The summed E-state index contributed by atoms with van der Waals surface area (Å²) in [6, 6.07) is 5.50. The van der Waals surface area contributed by atoms with E-state index < -0.39 is 16.9 Å². The second-order valence-corrected chi connectivity index (χ2v) is 9.71. The normalized spacial score (nSPS) is 14.6. The zero-order chi connectivity index (χ0) is 15.9. The predicted octanol–water partition coefficient (Wildman–Crippen LogP) is 3.69. The maximum Gasteiger partial charge on any atom is 0.440 e. The Balaban J connectivity index is 2.88. The SMILES string of the molecule is CCCSP(=O)(OCC)Oc1ccc(S(=O)(=O)OC)cc1. The Hall–Kier alpha value is -0.530. The fourth-order valence-electron chi connectivity index (χ4n) is 1.34. The van der Waals surface area contributed by atoms with Crippen molar-refractivity contribution in [3.8, 4) is 5.75 Å². The highest BCUT2D eigenvalue weighted by atomic mass is 32.7. The standard InChI is InChI=1S/C12H19O6PS2/c1-4-10-20-19(13,17-5-2)18-11-6-8-12(9-7-11)21(14,15)16-3/h6-9H,4-5,10H2,1-3H3. The molecule has 1 aromatic carbocycles. The van der Waals surface area contributed by atoms with Gasteiger partial charge in [-0.3, -0.25) is 8.71 Å². The average molecular weight is 354 g/mol. The molecule has 120 valence electrons. The van der Waals surface area contributed by atoms with E-state index in [0.717, 1.165) is 24.9 Å². The fraction of sp³-hybridized carbons (Fsp3) is 0.500. The number of hydrogen-bond acceptors (Lipinski definition) is 7. The molecule has 0 radical (unpaired) electrons. The Morgan fingerprint density at radius 2 is 1.81 bits per heavy atom. The molecule has 0 spiro atoms. The lowest BCUT2D eigenvalue weighted by Gasteiger charge is -2.17. The Kier molecular flexibility index (Phi) is 7.23. The maximum atomic E-state index is 12.5. The van der Waals surface area contributed by atoms with E-state index in [4.69, 9.17) is 9.05 Å². The van der Waals surface area contributed by atoms with Crippen LogP contribution in [-0.2, 0) is 23.4 Å². The summed E-state index contributed by atoms with van der Waals surface area (Å²) in [5.74, 6) is 0.929. The second kappa shape index (κ2) is 8.19. The van der Waals surface area contributed by atoms with E-state index in [9.17, 15) is 13.0 Å². The van der Waals surface area contributed by atoms with Crippen LogP contribution in [0.25, 0.3) is 0 Å². The van der Waals surface area contributed by atoms with Crippen LogP contribution < -0.4 is 4.52 Å². The zero-order valence-corrected chi connectivity index (χ0v) is 14.7. The van der Waals surface area contributed by atoms with E-state index in [-0.39, 0.29) is 17.3 Å². The lowest BCUT2D eigenvalue weighted by Crippen LogP contribution is -2.02. The van der Waals surface area contributed by atoms with Gasteiger partial charge in [-0.2, -0.15) is 8.42 Å². The third-order valence-electron chi connectivity index (χ3n) is 2.29. The van der Waals surface area contributed by atoms with Crippen molar-refractivity contribution in [2.45, 2.75) is 25.2 Å². The molecule has 0 amide bonds. The van der Waals surface area contributed by atoms with E-state index in [2.05, 4.69) is 4.18 Å². The number of hydrogen-bond donors (Lipinski definition) is 0. The van der Waals surface area contributed by atoms with E-state index in [0.29, 0.717) is 5.75 Å². The van der Waals surface area contributed by atoms with Gasteiger partial charge >= 0.3 is 6.80 Å². The van der Waals surface area contributed by atoms with Crippen molar-refractivity contribution in [3.05, 3.63) is 24.3 Å². The first-order valence-corrected chi connectivity index (χ1v) is 10.9. The Labute approximate surface area is 129 Å². The molecule has 0 bridgehead atoms. The summed E-state index contributed by atoms with van der Waals surface area (Å²) in [6.45, 7) is 0.682. The summed E-state index contributed by atoms with van der Waals surface area (Å²) in [6.07, 6.45) is 0.843. The Bertz CT molecular complexity index is 584. The van der Waals surface area contributed by atoms with Crippen LogP contribution in [0.15, 0.2) is 29.2 Å². The van der Waals surface area contributed by atoms with Gasteiger partial charge in [-0.05, 0) is 49.0 Å². The van der Waals surface area contributed by atoms with Gasteiger partial charge in [0.25, 0.3) is 10.1 Å². The molecule has 1 aromatic rings. The van der Waals surface area contributed by atoms with Crippen LogP contribution >= 0.6 is 18.2 Å². The van der Waals surface area contributed by atoms with Crippen molar-refractivity contribution in [2.75, 3.05) is 19.5 Å². The third kappa shape index (κ3) is 5.64. The number of benzene rings is 1. The van der Waals surface area contributed by atoms with Crippen LogP contribution in [0.2, 0.25) is 0 Å². The molecule has 0 aliphatic heterocycles. The van der Waals surface area contributed by atoms with Crippen molar-refractivity contribution in [2.24, 2.45) is 0 Å². The van der Waals surface area contributed by atoms with E-state index in [1.165, 1.54) is 24.3 Å².